The molecule has 1 aliphatic heterocycles. The van der Waals surface area contributed by atoms with Gasteiger partial charge < -0.3 is 14.2 Å². The van der Waals surface area contributed by atoms with E-state index in [9.17, 15) is 19.2 Å². The predicted octanol–water partition coefficient (Wildman–Crippen LogP) is 4.11. The van der Waals surface area contributed by atoms with Crippen molar-refractivity contribution in [3.63, 3.8) is 0 Å². The molecule has 0 saturated heterocycles. The summed E-state index contributed by atoms with van der Waals surface area (Å²) >= 11 is 1.33. The van der Waals surface area contributed by atoms with Crippen LogP contribution in [0.25, 0.3) is 0 Å². The minimum absolute atomic E-state index is 0.0170. The fourth-order valence-corrected chi connectivity index (χ4v) is 7.65. The van der Waals surface area contributed by atoms with Gasteiger partial charge in [0.05, 0.1) is 16.5 Å². The highest BCUT2D eigenvalue weighted by Gasteiger charge is 2.60. The molecule has 0 bridgehead atoms. The second-order valence-corrected chi connectivity index (χ2v) is 12.3. The molecule has 212 valence electrons. The molecule has 39 heavy (non-hydrogen) atoms. The molecule has 2 fully saturated rings. The van der Waals surface area contributed by atoms with Crippen molar-refractivity contribution in [2.75, 3.05) is 13.2 Å². The SMILES string of the molecule is C=C1CC[C@@H]2[C@](C)(COC(C)=O)[C@H](OC(C)=O)CC[C@@]2(C)[C@@H]1C[C@H](NNC(=O)c1cccs1)C1=CCOC1=O. The zero-order valence-corrected chi connectivity index (χ0v) is 23.9. The molecule has 2 aliphatic carbocycles. The Hall–Kier alpha value is -2.98. The lowest BCUT2D eigenvalue weighted by atomic mass is 9.46. The van der Waals surface area contributed by atoms with E-state index in [1.165, 1.54) is 25.2 Å². The van der Waals surface area contributed by atoms with Crippen LogP contribution in [0.4, 0.5) is 0 Å². The molecule has 2 saturated carbocycles. The third kappa shape index (κ3) is 5.96. The van der Waals surface area contributed by atoms with Crippen molar-refractivity contribution in [3.8, 4) is 0 Å². The van der Waals surface area contributed by atoms with E-state index in [0.29, 0.717) is 23.3 Å². The average molecular weight is 559 g/mol. The summed E-state index contributed by atoms with van der Waals surface area (Å²) in [6, 6.07) is 3.05. The van der Waals surface area contributed by atoms with Gasteiger partial charge in [-0.2, -0.15) is 0 Å². The van der Waals surface area contributed by atoms with E-state index in [2.05, 4.69) is 24.4 Å². The summed E-state index contributed by atoms with van der Waals surface area (Å²) in [4.78, 5) is 49.7. The molecule has 2 heterocycles. The summed E-state index contributed by atoms with van der Waals surface area (Å²) in [7, 11) is 0. The van der Waals surface area contributed by atoms with Crippen LogP contribution in [0.1, 0.15) is 69.5 Å². The molecule has 1 aromatic rings. The molecular formula is C29H38N2O7S. The highest BCUT2D eigenvalue weighted by atomic mass is 32.1. The van der Waals surface area contributed by atoms with E-state index in [4.69, 9.17) is 14.2 Å². The highest BCUT2D eigenvalue weighted by molar-refractivity contribution is 7.12. The molecular weight excluding hydrogens is 520 g/mol. The number of allylic oxidation sites excluding steroid dienone is 1. The number of carbonyl (C=O) groups excluding carboxylic acids is 4. The van der Waals surface area contributed by atoms with E-state index in [1.54, 1.807) is 18.2 Å². The van der Waals surface area contributed by atoms with Crippen LogP contribution in [0.15, 0.2) is 41.3 Å². The molecule has 4 rings (SSSR count). The number of esters is 3. The predicted molar refractivity (Wildman–Crippen MR) is 145 cm³/mol. The van der Waals surface area contributed by atoms with Gasteiger partial charge >= 0.3 is 17.9 Å². The first-order chi connectivity index (χ1) is 18.5. The maximum atomic E-state index is 12.7. The van der Waals surface area contributed by atoms with Crippen LogP contribution in [-0.2, 0) is 28.6 Å². The van der Waals surface area contributed by atoms with Crippen molar-refractivity contribution in [2.45, 2.75) is 71.9 Å². The standard InChI is InChI=1S/C29H38N2O7S/c1-17-8-9-24-28(4,12-10-25(38-19(3)33)29(24,5)16-37-18(2)32)21(17)15-22(20-11-13-36-27(20)35)30-31-26(34)23-7-6-14-39-23/h6-7,11,14,21-22,24-25,30H,1,8-10,12-13,15-16H2,2-5H3,(H,31,34)/t21-,22+,24+,25-,28+,29+/m1/s1. The Balaban J connectivity index is 1.62. The monoisotopic (exact) mass is 558 g/mol. The van der Waals surface area contributed by atoms with Gasteiger partial charge in [-0.3, -0.25) is 19.8 Å². The van der Waals surface area contributed by atoms with Gasteiger partial charge in [0, 0.05) is 19.3 Å². The smallest absolute Gasteiger partial charge is 0.335 e. The van der Waals surface area contributed by atoms with Crippen LogP contribution in [0.2, 0.25) is 0 Å². The van der Waals surface area contributed by atoms with Crippen molar-refractivity contribution in [1.82, 2.24) is 10.9 Å². The number of hydrogen-bond acceptors (Lipinski definition) is 9. The molecule has 9 nitrogen and oxygen atoms in total. The fraction of sp³-hybridized carbons (Fsp3) is 0.586. The van der Waals surface area contributed by atoms with Crippen molar-refractivity contribution < 1.29 is 33.4 Å². The molecule has 0 spiro atoms. The molecule has 1 amide bonds. The van der Waals surface area contributed by atoms with Gasteiger partial charge in [0.2, 0.25) is 0 Å². The first-order valence-corrected chi connectivity index (χ1v) is 14.3. The largest absolute Gasteiger partial charge is 0.465 e. The summed E-state index contributed by atoms with van der Waals surface area (Å²) < 4.78 is 16.5. The van der Waals surface area contributed by atoms with Crippen LogP contribution >= 0.6 is 11.3 Å². The van der Waals surface area contributed by atoms with E-state index >= 15 is 0 Å². The minimum Gasteiger partial charge on any atom is -0.465 e. The number of carbonyl (C=O) groups is 4. The quantitative estimate of drug-likeness (QED) is 0.201. The number of fused-ring (bicyclic) bond motifs is 1. The summed E-state index contributed by atoms with van der Waals surface area (Å²) in [5.74, 6) is -1.37. The van der Waals surface area contributed by atoms with E-state index in [-0.39, 0.29) is 54.4 Å². The van der Waals surface area contributed by atoms with Crippen LogP contribution in [0.5, 0.6) is 0 Å². The summed E-state index contributed by atoms with van der Waals surface area (Å²) in [6.45, 7) is 11.8. The lowest BCUT2D eigenvalue weighted by Gasteiger charge is -2.60. The van der Waals surface area contributed by atoms with Crippen LogP contribution in [0, 0.1) is 22.7 Å². The number of hydrogen-bond donors (Lipinski definition) is 2. The van der Waals surface area contributed by atoms with Crippen LogP contribution in [0.3, 0.4) is 0 Å². The number of ether oxygens (including phenoxy) is 3. The second kappa shape index (κ2) is 11.6. The summed E-state index contributed by atoms with van der Waals surface area (Å²) in [5.41, 5.74) is 6.59. The van der Waals surface area contributed by atoms with Crippen LogP contribution < -0.4 is 10.9 Å². The van der Waals surface area contributed by atoms with Gasteiger partial charge in [-0.15, -0.1) is 11.3 Å². The zero-order chi connectivity index (χ0) is 28.4. The number of cyclic esters (lactones) is 1. The number of nitrogens with one attached hydrogen (secondary N) is 2. The van der Waals surface area contributed by atoms with Crippen molar-refractivity contribution >= 4 is 35.2 Å². The Bertz CT molecular complexity index is 1160. The van der Waals surface area contributed by atoms with Gasteiger partial charge in [-0.1, -0.05) is 32.1 Å². The summed E-state index contributed by atoms with van der Waals surface area (Å²) in [5, 5.41) is 1.83. The lowest BCUT2D eigenvalue weighted by Crippen LogP contribution is -2.59. The Morgan fingerprint density at radius 2 is 2.00 bits per heavy atom. The van der Waals surface area contributed by atoms with Crippen LogP contribution in [-0.4, -0.2) is 49.2 Å². The number of thiophene rings is 1. The van der Waals surface area contributed by atoms with E-state index in [0.717, 1.165) is 24.8 Å². The Morgan fingerprint density at radius 1 is 1.23 bits per heavy atom. The molecule has 2 N–H and O–H groups in total. The lowest BCUT2D eigenvalue weighted by molar-refractivity contribution is -0.192. The molecule has 1 aromatic heterocycles. The maximum Gasteiger partial charge on any atom is 0.335 e. The number of amides is 1. The number of hydrazine groups is 1. The minimum atomic E-state index is -0.592. The summed E-state index contributed by atoms with van der Waals surface area (Å²) in [6.07, 6.45) is 4.85. The first-order valence-electron chi connectivity index (χ1n) is 13.4. The van der Waals surface area contributed by atoms with Crippen molar-refractivity contribution in [2.24, 2.45) is 22.7 Å². The van der Waals surface area contributed by atoms with Gasteiger partial charge in [-0.05, 0) is 66.9 Å². The van der Waals surface area contributed by atoms with Gasteiger partial charge in [0.25, 0.3) is 5.91 Å². The average Bonchev–Trinajstić information content (AvgIpc) is 3.56. The first kappa shape index (κ1) is 29.0. The topological polar surface area (TPSA) is 120 Å². The molecule has 10 heteroatoms. The zero-order valence-electron chi connectivity index (χ0n) is 23.0. The third-order valence-corrected chi connectivity index (χ3v) is 9.78. The Labute approximate surface area is 233 Å². The van der Waals surface area contributed by atoms with Gasteiger partial charge in [0.1, 0.15) is 19.3 Å². The van der Waals surface area contributed by atoms with E-state index in [1.807, 2.05) is 12.3 Å². The normalized spacial score (nSPS) is 31.0. The highest BCUT2D eigenvalue weighted by Crippen LogP contribution is 2.62. The van der Waals surface area contributed by atoms with Gasteiger partial charge in [0.15, 0.2) is 0 Å². The molecule has 0 unspecified atom stereocenters. The Kier molecular flexibility index (Phi) is 8.66. The third-order valence-electron chi connectivity index (χ3n) is 8.92. The van der Waals surface area contributed by atoms with E-state index < -0.39 is 17.4 Å². The fourth-order valence-electron chi connectivity index (χ4n) is 7.03. The molecule has 0 aromatic carbocycles. The molecule has 3 aliphatic rings. The second-order valence-electron chi connectivity index (χ2n) is 11.4. The molecule has 6 atom stereocenters. The van der Waals surface area contributed by atoms with Crippen molar-refractivity contribution in [3.05, 3.63) is 46.2 Å². The maximum absolute atomic E-state index is 12.7. The van der Waals surface area contributed by atoms with Crippen molar-refractivity contribution in [1.29, 1.82) is 0 Å². The molecule has 0 radical (unpaired) electrons. The Morgan fingerprint density at radius 3 is 2.62 bits per heavy atom. The van der Waals surface area contributed by atoms with Gasteiger partial charge in [-0.25, -0.2) is 10.2 Å². The number of rotatable bonds is 9.